The fraction of sp³-hybridized carbons (Fsp3) is 0.417. The van der Waals surface area contributed by atoms with E-state index in [0.717, 1.165) is 30.2 Å². The van der Waals surface area contributed by atoms with Crippen LogP contribution in [0.1, 0.15) is 29.8 Å². The van der Waals surface area contributed by atoms with E-state index < -0.39 is 0 Å². The van der Waals surface area contributed by atoms with Crippen LogP contribution < -0.4 is 25.0 Å². The molecule has 1 aliphatic rings. The fourth-order valence-electron chi connectivity index (χ4n) is 3.36. The second kappa shape index (κ2) is 12.2. The van der Waals surface area contributed by atoms with Crippen molar-refractivity contribution in [3.05, 3.63) is 53.6 Å². The van der Waals surface area contributed by atoms with Crippen molar-refractivity contribution >= 4 is 29.3 Å². The highest BCUT2D eigenvalue weighted by Crippen LogP contribution is 2.28. The van der Waals surface area contributed by atoms with Crippen molar-refractivity contribution in [2.24, 2.45) is 0 Å². The number of carbonyl (C=O) groups is 2. The van der Waals surface area contributed by atoms with Crippen molar-refractivity contribution in [1.29, 1.82) is 0 Å². The molecule has 0 unspecified atom stereocenters. The van der Waals surface area contributed by atoms with Gasteiger partial charge in [0.1, 0.15) is 0 Å². The molecule has 1 heterocycles. The average Bonchev–Trinajstić information content (AvgIpc) is 2.83. The van der Waals surface area contributed by atoms with Gasteiger partial charge in [-0.15, -0.1) is 0 Å². The van der Waals surface area contributed by atoms with E-state index in [9.17, 15) is 9.59 Å². The van der Waals surface area contributed by atoms with Gasteiger partial charge in [0.2, 0.25) is 5.91 Å². The first-order chi connectivity index (χ1) is 15.6. The number of carbonyl (C=O) groups excluding carboxylic acids is 2. The molecule has 0 bridgehead atoms. The molecule has 0 radical (unpaired) electrons. The third kappa shape index (κ3) is 6.82. The molecule has 1 aliphatic heterocycles. The smallest absolute Gasteiger partial charge is 0.251 e. The van der Waals surface area contributed by atoms with E-state index in [1.165, 1.54) is 5.69 Å². The first kappa shape index (κ1) is 23.8. The normalized spacial score (nSPS) is 13.4. The third-order valence-corrected chi connectivity index (χ3v) is 5.96. The Balaban J connectivity index is 1.46. The molecule has 2 aromatic carbocycles. The molecule has 32 heavy (non-hydrogen) atoms. The monoisotopic (exact) mass is 457 g/mol. The summed E-state index contributed by atoms with van der Waals surface area (Å²) in [5.41, 5.74) is 2.65. The topological polar surface area (TPSA) is 79.9 Å². The van der Waals surface area contributed by atoms with Gasteiger partial charge < -0.3 is 25.0 Å². The van der Waals surface area contributed by atoms with Crippen molar-refractivity contribution < 1.29 is 19.1 Å². The van der Waals surface area contributed by atoms with Crippen LogP contribution in [0.15, 0.2) is 42.5 Å². The van der Waals surface area contributed by atoms with Crippen molar-refractivity contribution in [2.45, 2.75) is 20.4 Å². The van der Waals surface area contributed by atoms with Crippen molar-refractivity contribution in [3.63, 3.8) is 0 Å². The van der Waals surface area contributed by atoms with Crippen LogP contribution in [0.25, 0.3) is 0 Å². The Kier molecular flexibility index (Phi) is 9.10. The standard InChI is InChI=1S/C24H31N3O4S/c1-3-30-21-10-7-19(15-22(21)31-4-2)24(29)26-17-23(28)25-16-18-5-8-20(9-6-18)27-11-13-32-14-12-27/h5-10,15H,3-4,11-14,16-17H2,1-2H3,(H,25,28)(H,26,29). The van der Waals surface area contributed by atoms with Crippen molar-refractivity contribution in [1.82, 2.24) is 10.6 Å². The summed E-state index contributed by atoms with van der Waals surface area (Å²) >= 11 is 1.99. The Morgan fingerprint density at radius 1 is 0.938 bits per heavy atom. The van der Waals surface area contributed by atoms with E-state index in [2.05, 4.69) is 27.7 Å². The minimum absolute atomic E-state index is 0.0977. The van der Waals surface area contributed by atoms with E-state index in [4.69, 9.17) is 9.47 Å². The van der Waals surface area contributed by atoms with Crippen molar-refractivity contribution in [2.75, 3.05) is 49.3 Å². The van der Waals surface area contributed by atoms with E-state index >= 15 is 0 Å². The Morgan fingerprint density at radius 3 is 2.31 bits per heavy atom. The molecule has 2 amide bonds. The maximum Gasteiger partial charge on any atom is 0.251 e. The highest BCUT2D eigenvalue weighted by Gasteiger charge is 2.13. The first-order valence-corrected chi connectivity index (χ1v) is 12.1. The molecule has 1 saturated heterocycles. The van der Waals surface area contributed by atoms with Crippen LogP contribution in [0.3, 0.4) is 0 Å². The maximum atomic E-state index is 12.4. The molecular weight excluding hydrogens is 426 g/mol. The SMILES string of the molecule is CCOc1ccc(C(=O)NCC(=O)NCc2ccc(N3CCSCC3)cc2)cc1OCC. The van der Waals surface area contributed by atoms with Crippen LogP contribution in [-0.2, 0) is 11.3 Å². The summed E-state index contributed by atoms with van der Waals surface area (Å²) in [5, 5.41) is 5.50. The van der Waals surface area contributed by atoms with Gasteiger partial charge in [-0.1, -0.05) is 12.1 Å². The Hall–Kier alpha value is -2.87. The lowest BCUT2D eigenvalue weighted by Gasteiger charge is -2.28. The summed E-state index contributed by atoms with van der Waals surface area (Å²) < 4.78 is 11.1. The molecule has 172 valence electrons. The number of benzene rings is 2. The fourth-order valence-corrected chi connectivity index (χ4v) is 4.27. The molecule has 0 atom stereocenters. The van der Waals surface area contributed by atoms with Gasteiger partial charge in [-0.2, -0.15) is 11.8 Å². The summed E-state index contributed by atoms with van der Waals surface area (Å²) in [5.74, 6) is 2.84. The van der Waals surface area contributed by atoms with Gasteiger partial charge in [0, 0.05) is 42.4 Å². The van der Waals surface area contributed by atoms with Crippen LogP contribution in [0.2, 0.25) is 0 Å². The molecule has 0 spiro atoms. The molecule has 3 rings (SSSR count). The number of thioether (sulfide) groups is 1. The van der Waals surface area contributed by atoms with Gasteiger partial charge in [-0.3, -0.25) is 9.59 Å². The zero-order valence-electron chi connectivity index (χ0n) is 18.7. The van der Waals surface area contributed by atoms with E-state index in [-0.39, 0.29) is 18.4 Å². The lowest BCUT2D eigenvalue weighted by Crippen LogP contribution is -2.36. The number of nitrogens with zero attached hydrogens (tertiary/aromatic N) is 1. The Morgan fingerprint density at radius 2 is 1.62 bits per heavy atom. The highest BCUT2D eigenvalue weighted by atomic mass is 32.2. The predicted octanol–water partition coefficient (Wildman–Crippen LogP) is 3.08. The zero-order chi connectivity index (χ0) is 22.8. The summed E-state index contributed by atoms with van der Waals surface area (Å²) in [6, 6.07) is 13.3. The van der Waals surface area contributed by atoms with Gasteiger partial charge in [-0.25, -0.2) is 0 Å². The minimum Gasteiger partial charge on any atom is -0.490 e. The predicted molar refractivity (Wildman–Crippen MR) is 129 cm³/mol. The van der Waals surface area contributed by atoms with Crippen LogP contribution in [0.5, 0.6) is 11.5 Å². The van der Waals surface area contributed by atoms with Crippen LogP contribution >= 0.6 is 11.8 Å². The molecule has 0 saturated carbocycles. The zero-order valence-corrected chi connectivity index (χ0v) is 19.5. The third-order valence-electron chi connectivity index (χ3n) is 5.02. The summed E-state index contributed by atoms with van der Waals surface area (Å²) in [7, 11) is 0. The number of anilines is 1. The van der Waals surface area contributed by atoms with Gasteiger partial charge in [0.25, 0.3) is 5.91 Å². The van der Waals surface area contributed by atoms with Gasteiger partial charge >= 0.3 is 0 Å². The number of hydrogen-bond acceptors (Lipinski definition) is 6. The molecule has 0 aliphatic carbocycles. The second-order valence-corrected chi connectivity index (χ2v) is 8.48. The van der Waals surface area contributed by atoms with Crippen molar-refractivity contribution in [3.8, 4) is 11.5 Å². The van der Waals surface area contributed by atoms with E-state index in [1.807, 2.05) is 37.7 Å². The first-order valence-electron chi connectivity index (χ1n) is 11.0. The summed E-state index contributed by atoms with van der Waals surface area (Å²) in [6.45, 7) is 7.19. The molecule has 7 nitrogen and oxygen atoms in total. The second-order valence-electron chi connectivity index (χ2n) is 7.25. The number of hydrogen-bond donors (Lipinski definition) is 2. The Labute approximate surface area is 193 Å². The van der Waals surface area contributed by atoms with Gasteiger partial charge in [-0.05, 0) is 49.7 Å². The van der Waals surface area contributed by atoms with Crippen LogP contribution in [0, 0.1) is 0 Å². The number of nitrogens with one attached hydrogen (secondary N) is 2. The van der Waals surface area contributed by atoms with E-state index in [0.29, 0.717) is 36.8 Å². The molecular formula is C24H31N3O4S. The van der Waals surface area contributed by atoms with E-state index in [1.54, 1.807) is 18.2 Å². The van der Waals surface area contributed by atoms with Crippen LogP contribution in [0.4, 0.5) is 5.69 Å². The lowest BCUT2D eigenvalue weighted by molar-refractivity contribution is -0.120. The van der Waals surface area contributed by atoms with Gasteiger partial charge in [0.05, 0.1) is 19.8 Å². The molecule has 2 N–H and O–H groups in total. The molecule has 2 aromatic rings. The number of ether oxygens (including phenoxy) is 2. The quantitative estimate of drug-likeness (QED) is 0.571. The maximum absolute atomic E-state index is 12.4. The lowest BCUT2D eigenvalue weighted by atomic mass is 10.2. The minimum atomic E-state index is -0.340. The number of amides is 2. The van der Waals surface area contributed by atoms with Crippen LogP contribution in [-0.4, -0.2) is 56.2 Å². The number of rotatable bonds is 10. The molecule has 8 heteroatoms. The average molecular weight is 458 g/mol. The summed E-state index contributed by atoms with van der Waals surface area (Å²) in [6.07, 6.45) is 0. The molecule has 1 fully saturated rings. The van der Waals surface area contributed by atoms with Gasteiger partial charge in [0.15, 0.2) is 11.5 Å². The molecule has 0 aromatic heterocycles. The Bertz CT molecular complexity index is 899. The largest absolute Gasteiger partial charge is 0.490 e. The summed E-state index contributed by atoms with van der Waals surface area (Å²) in [4.78, 5) is 27.0. The highest BCUT2D eigenvalue weighted by molar-refractivity contribution is 7.99.